The molecule has 1 N–H and O–H groups in total. The molecule has 0 bridgehead atoms. The lowest BCUT2D eigenvalue weighted by molar-refractivity contribution is -0.121. The number of hydrazone groups is 1. The van der Waals surface area contributed by atoms with Crippen LogP contribution in [-0.2, 0) is 14.8 Å². The van der Waals surface area contributed by atoms with Gasteiger partial charge < -0.3 is 18.9 Å². The van der Waals surface area contributed by atoms with Gasteiger partial charge in [-0.05, 0) is 42.8 Å². The third kappa shape index (κ3) is 6.11. The summed E-state index contributed by atoms with van der Waals surface area (Å²) >= 11 is 0. The van der Waals surface area contributed by atoms with Crippen molar-refractivity contribution in [1.29, 1.82) is 0 Å². The summed E-state index contributed by atoms with van der Waals surface area (Å²) in [4.78, 5) is 12.1. The van der Waals surface area contributed by atoms with Crippen LogP contribution in [0.5, 0.6) is 23.0 Å². The highest BCUT2D eigenvalue weighted by Gasteiger charge is 2.27. The fraction of sp³-hybridized carbons (Fsp3) is 0.333. The van der Waals surface area contributed by atoms with Gasteiger partial charge in [0.1, 0.15) is 16.4 Å². The first-order chi connectivity index (χ1) is 15.3. The molecule has 0 saturated carbocycles. The third-order valence-corrected chi connectivity index (χ3v) is 6.14. The summed E-state index contributed by atoms with van der Waals surface area (Å²) in [5, 5.41) is 3.87. The molecule has 0 radical (unpaired) electrons. The molecular formula is C21H27N3O7S. The Morgan fingerprint density at radius 2 is 1.72 bits per heavy atom. The first kappa shape index (κ1) is 25.0. The van der Waals surface area contributed by atoms with Gasteiger partial charge in [-0.1, -0.05) is 0 Å². The van der Waals surface area contributed by atoms with E-state index in [0.717, 1.165) is 4.31 Å². The zero-order valence-electron chi connectivity index (χ0n) is 18.6. The molecule has 0 saturated heterocycles. The Morgan fingerprint density at radius 1 is 1.03 bits per heavy atom. The maximum Gasteiger partial charge on any atom is 0.255 e. The van der Waals surface area contributed by atoms with E-state index in [1.807, 2.05) is 6.92 Å². The average Bonchev–Trinajstić information content (AvgIpc) is 2.79. The van der Waals surface area contributed by atoms with Crippen LogP contribution in [0.15, 0.2) is 46.4 Å². The lowest BCUT2D eigenvalue weighted by Gasteiger charge is -2.18. The lowest BCUT2D eigenvalue weighted by atomic mass is 10.2. The van der Waals surface area contributed by atoms with E-state index in [1.54, 1.807) is 24.3 Å². The zero-order valence-corrected chi connectivity index (χ0v) is 19.4. The van der Waals surface area contributed by atoms with Crippen molar-refractivity contribution >= 4 is 22.1 Å². The minimum absolute atomic E-state index is 0.111. The highest BCUT2D eigenvalue weighted by atomic mass is 32.2. The van der Waals surface area contributed by atoms with Crippen molar-refractivity contribution in [3.05, 3.63) is 42.0 Å². The second-order valence-corrected chi connectivity index (χ2v) is 8.43. The molecule has 0 fully saturated rings. The van der Waals surface area contributed by atoms with Gasteiger partial charge in [0.25, 0.3) is 5.91 Å². The predicted octanol–water partition coefficient (Wildman–Crippen LogP) is 1.88. The van der Waals surface area contributed by atoms with Crippen LogP contribution in [0.25, 0.3) is 0 Å². The molecular weight excluding hydrogens is 438 g/mol. The molecule has 0 aliphatic carbocycles. The van der Waals surface area contributed by atoms with Crippen LogP contribution in [0, 0.1) is 0 Å². The Labute approximate surface area is 187 Å². The van der Waals surface area contributed by atoms with Crippen molar-refractivity contribution in [2.75, 3.05) is 41.5 Å². The maximum atomic E-state index is 12.9. The van der Waals surface area contributed by atoms with Crippen LogP contribution in [0.4, 0.5) is 0 Å². The minimum atomic E-state index is -4.02. The molecule has 0 aliphatic rings. The van der Waals surface area contributed by atoms with Crippen LogP contribution < -0.4 is 24.4 Å². The number of hydrogen-bond donors (Lipinski definition) is 1. The van der Waals surface area contributed by atoms with Crippen molar-refractivity contribution in [3.63, 3.8) is 0 Å². The normalized spacial score (nSPS) is 11.4. The summed E-state index contributed by atoms with van der Waals surface area (Å²) in [5.41, 5.74) is 2.97. The van der Waals surface area contributed by atoms with Gasteiger partial charge in [0.15, 0.2) is 11.5 Å². The van der Waals surface area contributed by atoms with E-state index >= 15 is 0 Å². The molecule has 0 spiro atoms. The van der Waals surface area contributed by atoms with Gasteiger partial charge in [-0.2, -0.15) is 9.41 Å². The summed E-state index contributed by atoms with van der Waals surface area (Å²) in [6.45, 7) is 1.91. The topological polar surface area (TPSA) is 116 Å². The second kappa shape index (κ2) is 11.3. The number of carbonyl (C=O) groups is 1. The van der Waals surface area contributed by atoms with E-state index in [9.17, 15) is 13.2 Å². The van der Waals surface area contributed by atoms with Crippen LogP contribution >= 0.6 is 0 Å². The van der Waals surface area contributed by atoms with Gasteiger partial charge in [0, 0.05) is 13.1 Å². The lowest BCUT2D eigenvalue weighted by Crippen LogP contribution is -2.36. The highest BCUT2D eigenvalue weighted by molar-refractivity contribution is 7.89. The molecule has 1 amide bonds. The molecule has 0 unspecified atom stereocenters. The van der Waals surface area contributed by atoms with Gasteiger partial charge in [0.05, 0.1) is 40.7 Å². The molecule has 0 atom stereocenters. The Kier molecular flexibility index (Phi) is 8.85. The number of ether oxygens (including phenoxy) is 4. The molecule has 32 heavy (non-hydrogen) atoms. The second-order valence-electron chi connectivity index (χ2n) is 6.41. The Morgan fingerprint density at radius 3 is 2.34 bits per heavy atom. The first-order valence-electron chi connectivity index (χ1n) is 9.57. The average molecular weight is 466 g/mol. The number of methoxy groups -OCH3 is 3. The molecule has 0 heterocycles. The molecule has 10 nitrogen and oxygen atoms in total. The van der Waals surface area contributed by atoms with E-state index in [-0.39, 0.29) is 10.6 Å². The molecule has 2 rings (SSSR count). The quantitative estimate of drug-likeness (QED) is 0.398. The maximum absolute atomic E-state index is 12.9. The molecule has 2 aromatic rings. The SMILES string of the molecule is CCOc1ccc(C=NNC(=O)CN(C)S(=O)(=O)c2cc(OC)ccc2OC)cc1OC. The largest absolute Gasteiger partial charge is 0.497 e. The highest BCUT2D eigenvalue weighted by Crippen LogP contribution is 2.30. The smallest absolute Gasteiger partial charge is 0.255 e. The van der Waals surface area contributed by atoms with E-state index in [4.69, 9.17) is 18.9 Å². The van der Waals surface area contributed by atoms with E-state index in [2.05, 4.69) is 10.5 Å². The van der Waals surface area contributed by atoms with Crippen molar-refractivity contribution in [3.8, 4) is 23.0 Å². The fourth-order valence-corrected chi connectivity index (χ4v) is 3.99. The summed E-state index contributed by atoms with van der Waals surface area (Å²) in [7, 11) is 1.57. The monoisotopic (exact) mass is 465 g/mol. The van der Waals surface area contributed by atoms with Crippen molar-refractivity contribution in [1.82, 2.24) is 9.73 Å². The van der Waals surface area contributed by atoms with Crippen molar-refractivity contribution in [2.24, 2.45) is 5.10 Å². The number of amides is 1. The predicted molar refractivity (Wildman–Crippen MR) is 119 cm³/mol. The first-order valence-corrected chi connectivity index (χ1v) is 11.0. The number of likely N-dealkylation sites (N-methyl/N-ethyl adjacent to an activating group) is 1. The van der Waals surface area contributed by atoms with Gasteiger partial charge in [0.2, 0.25) is 10.0 Å². The van der Waals surface area contributed by atoms with E-state index in [0.29, 0.717) is 29.4 Å². The number of carbonyl (C=O) groups excluding carboxylic acids is 1. The van der Waals surface area contributed by atoms with Crippen LogP contribution in [-0.4, -0.2) is 66.4 Å². The van der Waals surface area contributed by atoms with E-state index in [1.165, 1.54) is 46.7 Å². The number of rotatable bonds is 11. The third-order valence-electron chi connectivity index (χ3n) is 4.32. The standard InChI is InChI=1S/C21H27N3O7S/c1-6-31-17-9-7-15(11-19(17)30-5)13-22-23-21(25)14-24(2)32(26,27)20-12-16(28-3)8-10-18(20)29-4/h7-13H,6,14H2,1-5H3,(H,23,25). The molecule has 0 aromatic heterocycles. The van der Waals surface area contributed by atoms with E-state index < -0.39 is 22.5 Å². The summed E-state index contributed by atoms with van der Waals surface area (Å²) in [6.07, 6.45) is 1.41. The molecule has 2 aromatic carbocycles. The summed E-state index contributed by atoms with van der Waals surface area (Å²) < 4.78 is 47.7. The van der Waals surface area contributed by atoms with Crippen LogP contribution in [0.1, 0.15) is 12.5 Å². The number of nitrogens with zero attached hydrogens (tertiary/aromatic N) is 2. The molecule has 11 heteroatoms. The van der Waals surface area contributed by atoms with Crippen molar-refractivity contribution in [2.45, 2.75) is 11.8 Å². The van der Waals surface area contributed by atoms with Crippen molar-refractivity contribution < 1.29 is 32.2 Å². The fourth-order valence-electron chi connectivity index (χ4n) is 2.69. The Bertz CT molecular complexity index is 1070. The Balaban J connectivity index is 2.07. The number of benzene rings is 2. The Hall–Kier alpha value is -3.31. The number of sulfonamides is 1. The molecule has 174 valence electrons. The summed E-state index contributed by atoms with van der Waals surface area (Å²) in [6, 6.07) is 9.57. The molecule has 0 aliphatic heterocycles. The minimum Gasteiger partial charge on any atom is -0.497 e. The van der Waals surface area contributed by atoms with Gasteiger partial charge in [-0.15, -0.1) is 0 Å². The van der Waals surface area contributed by atoms with Crippen LogP contribution in [0.2, 0.25) is 0 Å². The van der Waals surface area contributed by atoms with Gasteiger partial charge in [-0.3, -0.25) is 4.79 Å². The van der Waals surface area contributed by atoms with Gasteiger partial charge >= 0.3 is 0 Å². The van der Waals surface area contributed by atoms with Crippen LogP contribution in [0.3, 0.4) is 0 Å². The van der Waals surface area contributed by atoms with Gasteiger partial charge in [-0.25, -0.2) is 13.8 Å². The summed E-state index contributed by atoms with van der Waals surface area (Å²) in [5.74, 6) is 0.987. The number of nitrogens with one attached hydrogen (secondary N) is 1. The number of hydrogen-bond acceptors (Lipinski definition) is 8. The zero-order chi connectivity index (χ0) is 23.7.